The number of hydrogen-bond acceptors (Lipinski definition) is 2. The maximum absolute atomic E-state index is 6.31. The van der Waals surface area contributed by atoms with Gasteiger partial charge in [0.15, 0.2) is 0 Å². The van der Waals surface area contributed by atoms with Gasteiger partial charge in [-0.1, -0.05) is 43.1 Å². The molecular weight excluding hydrogens is 274 g/mol. The predicted octanol–water partition coefficient (Wildman–Crippen LogP) is 4.54. The molecule has 1 fully saturated rings. The fourth-order valence-corrected chi connectivity index (χ4v) is 4.29. The fraction of sp³-hybridized carbons (Fsp3) is 0.625. The van der Waals surface area contributed by atoms with Crippen LogP contribution in [0, 0.1) is 0 Å². The highest BCUT2D eigenvalue weighted by molar-refractivity contribution is 8.00. The van der Waals surface area contributed by atoms with Crippen LogP contribution >= 0.6 is 23.4 Å². The molecule has 106 valence electrons. The first-order chi connectivity index (χ1) is 9.31. The van der Waals surface area contributed by atoms with Crippen molar-refractivity contribution in [3.63, 3.8) is 0 Å². The van der Waals surface area contributed by atoms with E-state index in [-0.39, 0.29) is 0 Å². The summed E-state index contributed by atoms with van der Waals surface area (Å²) in [6.07, 6.45) is 6.35. The van der Waals surface area contributed by atoms with Gasteiger partial charge in [-0.05, 0) is 49.6 Å². The zero-order valence-corrected chi connectivity index (χ0v) is 13.3. The Hall–Kier alpha value is -0.180. The van der Waals surface area contributed by atoms with Gasteiger partial charge in [0, 0.05) is 16.3 Å². The molecule has 0 aliphatic carbocycles. The van der Waals surface area contributed by atoms with E-state index in [1.807, 2.05) is 12.1 Å². The Morgan fingerprint density at radius 3 is 2.89 bits per heavy atom. The summed E-state index contributed by atoms with van der Waals surface area (Å²) in [5, 5.41) is 5.39. The standard InChI is InChI=1S/C16H24ClNS/c1-2-10-18-15(16-9-5-6-11-19-16)12-13-7-3-4-8-14(13)17/h3-4,7-8,15-16,18H,2,5-6,9-12H2,1H3. The average Bonchev–Trinajstić information content (AvgIpc) is 2.46. The SMILES string of the molecule is CCCNC(Cc1ccccc1Cl)C1CCCCS1. The normalized spacial score (nSPS) is 21.3. The Bertz CT molecular complexity index is 377. The number of nitrogens with one attached hydrogen (secondary N) is 1. The summed E-state index contributed by atoms with van der Waals surface area (Å²) in [4.78, 5) is 0. The molecule has 1 aromatic rings. The van der Waals surface area contributed by atoms with Crippen molar-refractivity contribution in [2.45, 2.75) is 50.3 Å². The van der Waals surface area contributed by atoms with Gasteiger partial charge in [-0.15, -0.1) is 0 Å². The van der Waals surface area contributed by atoms with Crippen molar-refractivity contribution in [2.75, 3.05) is 12.3 Å². The zero-order chi connectivity index (χ0) is 13.5. The first-order valence-electron chi connectivity index (χ1n) is 7.39. The van der Waals surface area contributed by atoms with Gasteiger partial charge < -0.3 is 5.32 Å². The van der Waals surface area contributed by atoms with Crippen LogP contribution in [0.1, 0.15) is 38.2 Å². The summed E-state index contributed by atoms with van der Waals surface area (Å²) in [5.41, 5.74) is 1.28. The molecule has 1 heterocycles. The molecule has 1 nitrogen and oxygen atoms in total. The molecule has 0 aromatic heterocycles. The summed E-state index contributed by atoms with van der Waals surface area (Å²) in [6.45, 7) is 3.33. The third-order valence-electron chi connectivity index (χ3n) is 3.72. The third kappa shape index (κ3) is 4.70. The molecule has 2 rings (SSSR count). The molecule has 0 saturated carbocycles. The van der Waals surface area contributed by atoms with Gasteiger partial charge in [-0.2, -0.15) is 11.8 Å². The first kappa shape index (κ1) is 15.2. The van der Waals surface area contributed by atoms with Crippen molar-refractivity contribution in [1.82, 2.24) is 5.32 Å². The quantitative estimate of drug-likeness (QED) is 0.827. The Morgan fingerprint density at radius 2 is 2.21 bits per heavy atom. The van der Waals surface area contributed by atoms with Gasteiger partial charge in [-0.3, -0.25) is 0 Å². The lowest BCUT2D eigenvalue weighted by molar-refractivity contribution is 0.461. The molecule has 0 amide bonds. The smallest absolute Gasteiger partial charge is 0.0438 e. The van der Waals surface area contributed by atoms with E-state index in [2.05, 4.69) is 36.1 Å². The molecule has 1 N–H and O–H groups in total. The van der Waals surface area contributed by atoms with Gasteiger partial charge >= 0.3 is 0 Å². The summed E-state index contributed by atoms with van der Waals surface area (Å²) < 4.78 is 0. The minimum atomic E-state index is 0.560. The summed E-state index contributed by atoms with van der Waals surface area (Å²) in [5.74, 6) is 1.32. The molecule has 1 aromatic carbocycles. The number of rotatable bonds is 6. The van der Waals surface area contributed by atoms with Crippen molar-refractivity contribution in [3.05, 3.63) is 34.9 Å². The van der Waals surface area contributed by atoms with Crippen molar-refractivity contribution < 1.29 is 0 Å². The highest BCUT2D eigenvalue weighted by Crippen LogP contribution is 2.30. The molecule has 1 aliphatic rings. The summed E-state index contributed by atoms with van der Waals surface area (Å²) >= 11 is 8.45. The molecule has 2 unspecified atom stereocenters. The Morgan fingerprint density at radius 1 is 1.37 bits per heavy atom. The minimum Gasteiger partial charge on any atom is -0.313 e. The van der Waals surface area contributed by atoms with Crippen molar-refractivity contribution in [3.8, 4) is 0 Å². The highest BCUT2D eigenvalue weighted by atomic mass is 35.5. The van der Waals surface area contributed by atoms with Gasteiger partial charge in [0.1, 0.15) is 0 Å². The van der Waals surface area contributed by atoms with Crippen LogP contribution in [0.2, 0.25) is 5.02 Å². The second-order valence-electron chi connectivity index (χ2n) is 5.26. The van der Waals surface area contributed by atoms with Crippen LogP contribution in [0.25, 0.3) is 0 Å². The molecule has 0 spiro atoms. The lowest BCUT2D eigenvalue weighted by atomic mass is 9.99. The number of hydrogen-bond donors (Lipinski definition) is 1. The molecule has 19 heavy (non-hydrogen) atoms. The minimum absolute atomic E-state index is 0.560. The molecule has 2 atom stereocenters. The monoisotopic (exact) mass is 297 g/mol. The van der Waals surface area contributed by atoms with E-state index in [0.717, 1.165) is 23.2 Å². The van der Waals surface area contributed by atoms with E-state index in [0.29, 0.717) is 6.04 Å². The Labute approximate surface area is 126 Å². The van der Waals surface area contributed by atoms with Crippen molar-refractivity contribution in [2.24, 2.45) is 0 Å². The van der Waals surface area contributed by atoms with Crippen molar-refractivity contribution >= 4 is 23.4 Å². The maximum Gasteiger partial charge on any atom is 0.0438 e. The number of halogens is 1. The Balaban J connectivity index is 2.02. The molecular formula is C16H24ClNS. The second-order valence-corrected chi connectivity index (χ2v) is 7.02. The van der Waals surface area contributed by atoms with E-state index in [1.165, 1.54) is 37.0 Å². The fourth-order valence-electron chi connectivity index (χ4n) is 2.65. The van der Waals surface area contributed by atoms with E-state index in [1.54, 1.807) is 0 Å². The number of benzene rings is 1. The predicted molar refractivity (Wildman–Crippen MR) is 87.3 cm³/mol. The van der Waals surface area contributed by atoms with Gasteiger partial charge in [0.2, 0.25) is 0 Å². The summed E-state index contributed by atoms with van der Waals surface area (Å²) in [7, 11) is 0. The van der Waals surface area contributed by atoms with Crippen LogP contribution in [-0.2, 0) is 6.42 Å². The van der Waals surface area contributed by atoms with Gasteiger partial charge in [0.25, 0.3) is 0 Å². The zero-order valence-electron chi connectivity index (χ0n) is 11.7. The molecule has 1 aliphatic heterocycles. The molecule has 3 heteroatoms. The van der Waals surface area contributed by atoms with E-state index in [4.69, 9.17) is 11.6 Å². The maximum atomic E-state index is 6.31. The largest absolute Gasteiger partial charge is 0.313 e. The van der Waals surface area contributed by atoms with Crippen LogP contribution in [0.5, 0.6) is 0 Å². The van der Waals surface area contributed by atoms with Crippen LogP contribution in [0.3, 0.4) is 0 Å². The van der Waals surface area contributed by atoms with E-state index < -0.39 is 0 Å². The first-order valence-corrected chi connectivity index (χ1v) is 8.82. The van der Waals surface area contributed by atoms with Crippen LogP contribution in [0.4, 0.5) is 0 Å². The van der Waals surface area contributed by atoms with E-state index in [9.17, 15) is 0 Å². The second kappa shape index (κ2) is 8.18. The van der Waals surface area contributed by atoms with Crippen LogP contribution < -0.4 is 5.32 Å². The topological polar surface area (TPSA) is 12.0 Å². The molecule has 0 bridgehead atoms. The molecule has 0 radical (unpaired) electrons. The van der Waals surface area contributed by atoms with Crippen LogP contribution in [0.15, 0.2) is 24.3 Å². The van der Waals surface area contributed by atoms with Crippen molar-refractivity contribution in [1.29, 1.82) is 0 Å². The van der Waals surface area contributed by atoms with Crippen LogP contribution in [-0.4, -0.2) is 23.6 Å². The number of thioether (sulfide) groups is 1. The highest BCUT2D eigenvalue weighted by Gasteiger charge is 2.24. The Kier molecular flexibility index (Phi) is 6.55. The summed E-state index contributed by atoms with van der Waals surface area (Å²) in [6, 6.07) is 8.82. The van der Waals surface area contributed by atoms with E-state index >= 15 is 0 Å². The average molecular weight is 298 g/mol. The van der Waals surface area contributed by atoms with Gasteiger partial charge in [-0.25, -0.2) is 0 Å². The molecule has 1 saturated heterocycles. The third-order valence-corrected chi connectivity index (χ3v) is 5.60. The lowest BCUT2D eigenvalue weighted by Gasteiger charge is -2.31. The lowest BCUT2D eigenvalue weighted by Crippen LogP contribution is -2.41. The van der Waals surface area contributed by atoms with Gasteiger partial charge in [0.05, 0.1) is 0 Å².